The molecular formula is C18H20BrNO2. The van der Waals surface area contributed by atoms with Gasteiger partial charge in [-0.2, -0.15) is 0 Å². The van der Waals surface area contributed by atoms with Crippen molar-refractivity contribution in [1.29, 1.82) is 0 Å². The summed E-state index contributed by atoms with van der Waals surface area (Å²) in [5.41, 5.74) is 1.99. The van der Waals surface area contributed by atoms with E-state index >= 15 is 0 Å². The fraction of sp³-hybridized carbons (Fsp3) is 0.278. The first-order valence-electron chi connectivity index (χ1n) is 7.45. The molecule has 2 rings (SSSR count). The molecule has 0 radical (unpaired) electrons. The van der Waals surface area contributed by atoms with Gasteiger partial charge in [0.15, 0.2) is 6.10 Å². The van der Waals surface area contributed by atoms with Crippen molar-refractivity contribution < 1.29 is 9.53 Å². The van der Waals surface area contributed by atoms with Gasteiger partial charge in [0, 0.05) is 4.47 Å². The molecule has 0 fully saturated rings. The van der Waals surface area contributed by atoms with Crippen LogP contribution in [0.5, 0.6) is 5.75 Å². The first kappa shape index (κ1) is 16.6. The van der Waals surface area contributed by atoms with E-state index in [0.29, 0.717) is 12.2 Å². The van der Waals surface area contributed by atoms with Crippen LogP contribution in [0.3, 0.4) is 0 Å². The Morgan fingerprint density at radius 3 is 2.41 bits per heavy atom. The molecule has 0 spiro atoms. The van der Waals surface area contributed by atoms with E-state index in [-0.39, 0.29) is 5.91 Å². The summed E-state index contributed by atoms with van der Waals surface area (Å²) >= 11 is 3.42. The first-order chi connectivity index (χ1) is 10.6. The predicted octanol–water partition coefficient (Wildman–Crippen LogP) is 4.81. The number of amides is 1. The van der Waals surface area contributed by atoms with Gasteiger partial charge in [0.1, 0.15) is 5.75 Å². The molecule has 0 saturated heterocycles. The summed E-state index contributed by atoms with van der Waals surface area (Å²) in [6.07, 6.45) is 1.07. The van der Waals surface area contributed by atoms with Crippen molar-refractivity contribution in [1.82, 2.24) is 0 Å². The molecule has 116 valence electrons. The molecule has 1 atom stereocenters. The Bertz CT molecular complexity index is 625. The van der Waals surface area contributed by atoms with Crippen LogP contribution < -0.4 is 10.1 Å². The molecule has 0 aliphatic carbocycles. The van der Waals surface area contributed by atoms with Gasteiger partial charge in [-0.15, -0.1) is 0 Å². The lowest BCUT2D eigenvalue weighted by Gasteiger charge is -2.18. The smallest absolute Gasteiger partial charge is 0.265 e. The first-order valence-corrected chi connectivity index (χ1v) is 8.24. The number of carbonyl (C=O) groups is 1. The number of benzene rings is 2. The summed E-state index contributed by atoms with van der Waals surface area (Å²) in [5, 5.41) is 2.89. The van der Waals surface area contributed by atoms with Crippen molar-refractivity contribution in [2.45, 2.75) is 32.8 Å². The van der Waals surface area contributed by atoms with Crippen LogP contribution in [0.15, 0.2) is 53.0 Å². The molecule has 0 aromatic heterocycles. The Labute approximate surface area is 139 Å². The van der Waals surface area contributed by atoms with E-state index in [1.54, 1.807) is 0 Å². The summed E-state index contributed by atoms with van der Waals surface area (Å²) in [4.78, 5) is 12.4. The molecule has 1 N–H and O–H groups in total. The van der Waals surface area contributed by atoms with E-state index in [1.807, 2.05) is 55.5 Å². The number of ether oxygens (including phenoxy) is 1. The maximum atomic E-state index is 12.4. The second-order valence-electron chi connectivity index (χ2n) is 4.98. The second-order valence-corrected chi connectivity index (χ2v) is 5.84. The van der Waals surface area contributed by atoms with Gasteiger partial charge in [0.05, 0.1) is 5.69 Å². The van der Waals surface area contributed by atoms with Crippen LogP contribution in [0.1, 0.15) is 25.8 Å². The zero-order valence-corrected chi connectivity index (χ0v) is 14.4. The van der Waals surface area contributed by atoms with E-state index < -0.39 is 6.10 Å². The van der Waals surface area contributed by atoms with Crippen LogP contribution in [0.4, 0.5) is 5.69 Å². The SMILES string of the molecule is CCc1ccc(OC(CC)C(=O)Nc2ccccc2Br)cc1. The lowest BCUT2D eigenvalue weighted by molar-refractivity contribution is -0.122. The van der Waals surface area contributed by atoms with Crippen molar-refractivity contribution >= 4 is 27.5 Å². The lowest BCUT2D eigenvalue weighted by Crippen LogP contribution is -2.32. The van der Waals surface area contributed by atoms with E-state index in [1.165, 1.54) is 5.56 Å². The monoisotopic (exact) mass is 361 g/mol. The minimum atomic E-state index is -0.514. The molecule has 0 saturated carbocycles. The molecule has 0 aliphatic heterocycles. The summed E-state index contributed by atoms with van der Waals surface area (Å²) in [6, 6.07) is 15.4. The molecule has 2 aromatic rings. The highest BCUT2D eigenvalue weighted by Crippen LogP contribution is 2.22. The van der Waals surface area contributed by atoms with Gasteiger partial charge in [-0.25, -0.2) is 0 Å². The van der Waals surface area contributed by atoms with E-state index in [9.17, 15) is 4.79 Å². The summed E-state index contributed by atoms with van der Waals surface area (Å²) in [5.74, 6) is 0.570. The minimum absolute atomic E-state index is 0.144. The number of para-hydroxylation sites is 1. The van der Waals surface area contributed by atoms with Gasteiger partial charge in [-0.3, -0.25) is 4.79 Å². The van der Waals surface area contributed by atoms with Crippen molar-refractivity contribution in [3.8, 4) is 5.75 Å². The molecule has 0 aliphatic rings. The maximum Gasteiger partial charge on any atom is 0.265 e. The molecule has 0 heterocycles. The number of aryl methyl sites for hydroxylation is 1. The zero-order chi connectivity index (χ0) is 15.9. The van der Waals surface area contributed by atoms with Gasteiger partial charge in [0.2, 0.25) is 0 Å². The predicted molar refractivity (Wildman–Crippen MR) is 93.3 cm³/mol. The van der Waals surface area contributed by atoms with Gasteiger partial charge in [-0.1, -0.05) is 38.1 Å². The number of anilines is 1. The van der Waals surface area contributed by atoms with Gasteiger partial charge >= 0.3 is 0 Å². The van der Waals surface area contributed by atoms with Gasteiger partial charge < -0.3 is 10.1 Å². The highest BCUT2D eigenvalue weighted by molar-refractivity contribution is 9.10. The Morgan fingerprint density at radius 1 is 1.14 bits per heavy atom. The van der Waals surface area contributed by atoms with Crippen molar-refractivity contribution in [3.05, 3.63) is 58.6 Å². The Balaban J connectivity index is 2.03. The van der Waals surface area contributed by atoms with Crippen LogP contribution in [0.2, 0.25) is 0 Å². The van der Waals surface area contributed by atoms with E-state index in [2.05, 4.69) is 28.2 Å². The average Bonchev–Trinajstić information content (AvgIpc) is 2.55. The van der Waals surface area contributed by atoms with Crippen molar-refractivity contribution in [2.24, 2.45) is 0 Å². The third-order valence-electron chi connectivity index (χ3n) is 3.40. The lowest BCUT2D eigenvalue weighted by atomic mass is 10.1. The normalized spacial score (nSPS) is 11.8. The number of hydrogen-bond acceptors (Lipinski definition) is 2. The average molecular weight is 362 g/mol. The summed E-state index contributed by atoms with van der Waals surface area (Å²) in [6.45, 7) is 4.04. The third-order valence-corrected chi connectivity index (χ3v) is 4.10. The number of hydrogen-bond donors (Lipinski definition) is 1. The van der Waals surface area contributed by atoms with Crippen molar-refractivity contribution in [2.75, 3.05) is 5.32 Å². The van der Waals surface area contributed by atoms with Crippen LogP contribution >= 0.6 is 15.9 Å². The van der Waals surface area contributed by atoms with Crippen LogP contribution in [0.25, 0.3) is 0 Å². The number of carbonyl (C=O) groups excluding carboxylic acids is 1. The molecule has 0 bridgehead atoms. The maximum absolute atomic E-state index is 12.4. The van der Waals surface area contributed by atoms with Gasteiger partial charge in [0.25, 0.3) is 5.91 Å². The third kappa shape index (κ3) is 4.34. The molecule has 1 unspecified atom stereocenters. The molecular weight excluding hydrogens is 342 g/mol. The van der Waals surface area contributed by atoms with Crippen LogP contribution in [-0.4, -0.2) is 12.0 Å². The van der Waals surface area contributed by atoms with Crippen LogP contribution in [-0.2, 0) is 11.2 Å². The topological polar surface area (TPSA) is 38.3 Å². The number of halogens is 1. The second kappa shape index (κ2) is 7.99. The largest absolute Gasteiger partial charge is 0.481 e. The fourth-order valence-electron chi connectivity index (χ4n) is 2.07. The summed E-state index contributed by atoms with van der Waals surface area (Å²) in [7, 11) is 0. The Kier molecular flexibility index (Phi) is 6.01. The fourth-order valence-corrected chi connectivity index (χ4v) is 2.45. The standard InChI is InChI=1S/C18H20BrNO2/c1-3-13-9-11-14(12-10-13)22-17(4-2)18(21)20-16-8-6-5-7-15(16)19/h5-12,17H,3-4H2,1-2H3,(H,20,21). The van der Waals surface area contributed by atoms with Gasteiger partial charge in [-0.05, 0) is 58.6 Å². The number of rotatable bonds is 6. The highest BCUT2D eigenvalue weighted by atomic mass is 79.9. The van der Waals surface area contributed by atoms with E-state index in [0.717, 1.165) is 16.6 Å². The minimum Gasteiger partial charge on any atom is -0.481 e. The van der Waals surface area contributed by atoms with E-state index in [4.69, 9.17) is 4.74 Å². The Morgan fingerprint density at radius 2 is 1.82 bits per heavy atom. The molecule has 2 aromatic carbocycles. The highest BCUT2D eigenvalue weighted by Gasteiger charge is 2.19. The quantitative estimate of drug-likeness (QED) is 0.801. The molecule has 4 heteroatoms. The summed E-state index contributed by atoms with van der Waals surface area (Å²) < 4.78 is 6.66. The van der Waals surface area contributed by atoms with Crippen LogP contribution in [0, 0.1) is 0 Å². The number of nitrogens with one attached hydrogen (secondary N) is 1. The molecule has 1 amide bonds. The zero-order valence-electron chi connectivity index (χ0n) is 12.8. The molecule has 3 nitrogen and oxygen atoms in total. The molecule has 22 heavy (non-hydrogen) atoms. The van der Waals surface area contributed by atoms with Crippen molar-refractivity contribution in [3.63, 3.8) is 0 Å². The Hall–Kier alpha value is -1.81.